The molecule has 1 atom stereocenters. The molecular weight excluding hydrogens is 434 g/mol. The Kier molecular flexibility index (Phi) is 5.66. The van der Waals surface area contributed by atoms with Crippen molar-refractivity contribution in [2.45, 2.75) is 39.0 Å². The topological polar surface area (TPSA) is 0 Å². The first-order valence-corrected chi connectivity index (χ1v) is 9.87. The lowest BCUT2D eigenvalue weighted by Crippen LogP contribution is -2.16. The summed E-state index contributed by atoms with van der Waals surface area (Å²) in [7, 11) is 0. The number of fused-ring (bicyclic) bond motifs is 1. The fraction of sp³-hybridized carbons (Fsp3) is 0.333. The van der Waals surface area contributed by atoms with E-state index in [4.69, 9.17) is 11.6 Å². The van der Waals surface area contributed by atoms with Gasteiger partial charge in [-0.15, -0.1) is 0 Å². The van der Waals surface area contributed by atoms with Gasteiger partial charge in [0.15, 0.2) is 0 Å². The first-order chi connectivity index (χ1) is 11.5. The summed E-state index contributed by atoms with van der Waals surface area (Å²) in [5.41, 5.74) is 5.64. The number of allylic oxidation sites excluding steroid dienone is 1. The van der Waals surface area contributed by atoms with Crippen LogP contribution in [0.4, 0.5) is 4.39 Å². The Morgan fingerprint density at radius 2 is 2.17 bits per heavy atom. The Bertz CT molecular complexity index is 761. The molecule has 0 N–H and O–H groups in total. The Hall–Kier alpha value is -0.870. The van der Waals surface area contributed by atoms with Gasteiger partial charge in [-0.2, -0.15) is 0 Å². The van der Waals surface area contributed by atoms with E-state index < -0.39 is 0 Å². The Labute approximate surface area is 162 Å². The van der Waals surface area contributed by atoms with E-state index in [1.807, 2.05) is 18.2 Å². The summed E-state index contributed by atoms with van der Waals surface area (Å²) in [5.74, 6) is 0.421. The van der Waals surface area contributed by atoms with E-state index in [0.717, 1.165) is 52.4 Å². The second-order valence-corrected chi connectivity index (χ2v) is 8.17. The van der Waals surface area contributed by atoms with Gasteiger partial charge in [0.2, 0.25) is 0 Å². The second-order valence-electron chi connectivity index (χ2n) is 6.60. The summed E-state index contributed by atoms with van der Waals surface area (Å²) in [5, 5.41) is 0.690. The Morgan fingerprint density at radius 1 is 1.38 bits per heavy atom. The molecule has 0 saturated carbocycles. The Morgan fingerprint density at radius 3 is 2.88 bits per heavy atom. The number of hydrogen-bond acceptors (Lipinski definition) is 0. The van der Waals surface area contributed by atoms with E-state index >= 15 is 0 Å². The van der Waals surface area contributed by atoms with Crippen LogP contribution >= 0.6 is 34.2 Å². The van der Waals surface area contributed by atoms with Crippen molar-refractivity contribution in [3.8, 4) is 11.1 Å². The van der Waals surface area contributed by atoms with Crippen LogP contribution in [0.3, 0.4) is 0 Å². The van der Waals surface area contributed by atoms with Crippen molar-refractivity contribution in [2.75, 3.05) is 0 Å². The zero-order valence-electron chi connectivity index (χ0n) is 13.8. The molecule has 2 aromatic rings. The predicted octanol–water partition coefficient (Wildman–Crippen LogP) is 7.21. The van der Waals surface area contributed by atoms with Crippen molar-refractivity contribution >= 4 is 34.2 Å². The van der Waals surface area contributed by atoms with Crippen LogP contribution in [0.15, 0.2) is 42.5 Å². The zero-order chi connectivity index (χ0) is 17.3. The number of aryl methyl sites for hydroxylation is 1. The van der Waals surface area contributed by atoms with E-state index in [-0.39, 0.29) is 5.82 Å². The molecule has 0 saturated heterocycles. The summed E-state index contributed by atoms with van der Waals surface area (Å²) in [6, 6.07) is 9.20. The molecular formula is C21H21ClFI. The van der Waals surface area contributed by atoms with Crippen LogP contribution in [0.2, 0.25) is 5.02 Å². The smallest absolute Gasteiger partial charge is 0.124 e. The molecule has 126 valence electrons. The third-order valence-electron chi connectivity index (χ3n) is 4.93. The van der Waals surface area contributed by atoms with Crippen LogP contribution in [0, 0.1) is 15.3 Å². The zero-order valence-corrected chi connectivity index (χ0v) is 16.8. The Balaban J connectivity index is 2.06. The average molecular weight is 455 g/mol. The van der Waals surface area contributed by atoms with Gasteiger partial charge in [-0.1, -0.05) is 36.7 Å². The van der Waals surface area contributed by atoms with E-state index in [1.165, 1.54) is 11.1 Å². The molecule has 0 radical (unpaired) electrons. The first-order valence-electron chi connectivity index (χ1n) is 8.42. The third-order valence-corrected chi connectivity index (χ3v) is 6.15. The lowest BCUT2D eigenvalue weighted by molar-refractivity contribution is 0.450. The number of hydrogen-bond donors (Lipinski definition) is 0. The van der Waals surface area contributed by atoms with Crippen molar-refractivity contribution < 1.29 is 4.39 Å². The third kappa shape index (κ3) is 3.70. The van der Waals surface area contributed by atoms with Crippen molar-refractivity contribution in [1.82, 2.24) is 0 Å². The van der Waals surface area contributed by atoms with Gasteiger partial charge < -0.3 is 0 Å². The molecule has 3 heteroatoms. The maximum atomic E-state index is 14.2. The lowest BCUT2D eigenvalue weighted by Gasteiger charge is -2.28. The molecule has 2 aromatic carbocycles. The first kappa shape index (κ1) is 17.9. The van der Waals surface area contributed by atoms with E-state index in [1.54, 1.807) is 12.1 Å². The van der Waals surface area contributed by atoms with E-state index in [0.29, 0.717) is 10.9 Å². The maximum absolute atomic E-state index is 14.2. The molecule has 0 spiro atoms. The monoisotopic (exact) mass is 454 g/mol. The molecule has 0 nitrogen and oxygen atoms in total. The summed E-state index contributed by atoms with van der Waals surface area (Å²) >= 11 is 8.75. The molecule has 0 bridgehead atoms. The summed E-state index contributed by atoms with van der Waals surface area (Å²) < 4.78 is 15.3. The molecule has 0 aliphatic heterocycles. The minimum Gasteiger partial charge on any atom is -0.207 e. The molecule has 0 aromatic heterocycles. The fourth-order valence-corrected chi connectivity index (χ4v) is 4.84. The van der Waals surface area contributed by atoms with E-state index in [9.17, 15) is 4.39 Å². The molecule has 24 heavy (non-hydrogen) atoms. The largest absolute Gasteiger partial charge is 0.207 e. The molecule has 1 aliphatic carbocycles. The average Bonchev–Trinajstić information content (AvgIpc) is 2.54. The maximum Gasteiger partial charge on any atom is 0.124 e. The minimum absolute atomic E-state index is 0.170. The van der Waals surface area contributed by atoms with Gasteiger partial charge in [0, 0.05) is 14.2 Å². The highest BCUT2D eigenvalue weighted by molar-refractivity contribution is 14.1. The van der Waals surface area contributed by atoms with Crippen LogP contribution in [0.25, 0.3) is 11.1 Å². The molecule has 0 unspecified atom stereocenters. The quantitative estimate of drug-likeness (QED) is 0.338. The SMILES string of the molecule is C=C(CC)C[C@H]1CCc2cc(F)cc(-c3c(Cl)cccc3I)c2C1. The molecule has 0 heterocycles. The summed E-state index contributed by atoms with van der Waals surface area (Å²) in [6.07, 6.45) is 5.11. The normalized spacial score (nSPS) is 16.8. The van der Waals surface area contributed by atoms with Crippen LogP contribution in [0.5, 0.6) is 0 Å². The predicted molar refractivity (Wildman–Crippen MR) is 109 cm³/mol. The highest BCUT2D eigenvalue weighted by atomic mass is 127. The van der Waals surface area contributed by atoms with Crippen molar-refractivity contribution in [3.63, 3.8) is 0 Å². The van der Waals surface area contributed by atoms with Crippen LogP contribution in [-0.2, 0) is 12.8 Å². The van der Waals surface area contributed by atoms with Crippen LogP contribution < -0.4 is 0 Å². The summed E-state index contributed by atoms with van der Waals surface area (Å²) in [6.45, 7) is 6.32. The number of halogens is 3. The van der Waals surface area contributed by atoms with Gasteiger partial charge in [-0.3, -0.25) is 0 Å². The lowest BCUT2D eigenvalue weighted by atomic mass is 9.78. The second kappa shape index (κ2) is 7.57. The number of benzene rings is 2. The highest BCUT2D eigenvalue weighted by Crippen LogP contribution is 2.40. The molecule has 1 aliphatic rings. The fourth-order valence-electron chi connectivity index (χ4n) is 3.61. The standard InChI is InChI=1S/C21H21ClFI/c1-3-13(2)9-14-7-8-15-11-16(23)12-18(17(15)10-14)21-19(22)5-4-6-20(21)24/h4-6,11-12,14H,2-3,7-10H2,1H3/t14-/m1/s1. The molecule has 3 rings (SSSR count). The van der Waals surface area contributed by atoms with Crippen molar-refractivity contribution in [2.24, 2.45) is 5.92 Å². The minimum atomic E-state index is -0.170. The van der Waals surface area contributed by atoms with Gasteiger partial charge in [-0.25, -0.2) is 4.39 Å². The van der Waals surface area contributed by atoms with Gasteiger partial charge in [0.25, 0.3) is 0 Å². The van der Waals surface area contributed by atoms with Gasteiger partial charge in [0.1, 0.15) is 5.82 Å². The molecule has 0 amide bonds. The number of rotatable bonds is 4. The highest BCUT2D eigenvalue weighted by Gasteiger charge is 2.24. The van der Waals surface area contributed by atoms with Gasteiger partial charge >= 0.3 is 0 Å². The van der Waals surface area contributed by atoms with Crippen LogP contribution in [-0.4, -0.2) is 0 Å². The summed E-state index contributed by atoms with van der Waals surface area (Å²) in [4.78, 5) is 0. The van der Waals surface area contributed by atoms with Gasteiger partial charge in [0.05, 0.1) is 0 Å². The molecule has 0 fully saturated rings. The van der Waals surface area contributed by atoms with Gasteiger partial charge in [-0.05, 0) is 102 Å². The van der Waals surface area contributed by atoms with E-state index in [2.05, 4.69) is 36.1 Å². The van der Waals surface area contributed by atoms with Crippen molar-refractivity contribution in [1.29, 1.82) is 0 Å². The van der Waals surface area contributed by atoms with Crippen molar-refractivity contribution in [3.05, 3.63) is 68.0 Å². The van der Waals surface area contributed by atoms with Crippen LogP contribution in [0.1, 0.15) is 37.3 Å².